The molecule has 0 radical (unpaired) electrons. The summed E-state index contributed by atoms with van der Waals surface area (Å²) in [5.74, 6) is 0.848. The molecule has 2 saturated carbocycles. The molecule has 2 aliphatic heterocycles. The Kier molecular flexibility index (Phi) is 3.72. The number of esters is 1. The number of alkyl halides is 1. The van der Waals surface area contributed by atoms with Gasteiger partial charge in [0.15, 0.2) is 0 Å². The lowest BCUT2D eigenvalue weighted by Crippen LogP contribution is -2.66. The van der Waals surface area contributed by atoms with Crippen molar-refractivity contribution in [3.63, 3.8) is 0 Å². The Labute approximate surface area is 145 Å². The Morgan fingerprint density at radius 2 is 1.73 bits per heavy atom. The van der Waals surface area contributed by atoms with Crippen LogP contribution in [0.5, 0.6) is 0 Å². The number of ether oxygens (including phenoxy) is 1. The summed E-state index contributed by atoms with van der Waals surface area (Å²) in [6.45, 7) is 1.92. The molecule has 1 aromatic carbocycles. The molecule has 2 saturated heterocycles. The van der Waals surface area contributed by atoms with Crippen LogP contribution in [0.4, 0.5) is 0 Å². The molecule has 0 amide bonds. The van der Waals surface area contributed by atoms with E-state index in [-0.39, 0.29) is 9.89 Å². The molecule has 1 unspecified atom stereocenters. The molecule has 22 heavy (non-hydrogen) atoms. The van der Waals surface area contributed by atoms with E-state index in [4.69, 9.17) is 4.74 Å². The molecule has 4 aliphatic rings. The summed E-state index contributed by atoms with van der Waals surface area (Å²) in [5.41, 5.74) is 0.807. The first-order chi connectivity index (χ1) is 10.6. The Balaban J connectivity index is 1.78. The number of benzene rings is 1. The maximum Gasteiger partial charge on any atom is 0.319 e. The number of nitrogens with one attached hydrogen (secondary N) is 1. The highest BCUT2D eigenvalue weighted by Crippen LogP contribution is 2.58. The summed E-state index contributed by atoms with van der Waals surface area (Å²) in [7, 11) is 0. The second-order valence-electron chi connectivity index (χ2n) is 7.09. The number of carbonyl (C=O) groups excluding carboxylic acids is 1. The van der Waals surface area contributed by atoms with Crippen molar-refractivity contribution < 1.29 is 9.53 Å². The van der Waals surface area contributed by atoms with Crippen LogP contribution < -0.4 is 5.32 Å². The first kappa shape index (κ1) is 14.9. The summed E-state index contributed by atoms with van der Waals surface area (Å²) >= 11 is 2.16. The molecule has 1 atom stereocenters. The summed E-state index contributed by atoms with van der Waals surface area (Å²) in [6.07, 6.45) is 4.52. The number of piperidine rings is 2. The molecule has 0 aromatic heterocycles. The molecule has 4 fully saturated rings. The quantitative estimate of drug-likeness (QED) is 0.471. The first-order valence-electron chi connectivity index (χ1n) is 8.28. The summed E-state index contributed by atoms with van der Waals surface area (Å²) in [5, 5.41) is 3.74. The molecular formula is C18H22INO2. The third kappa shape index (κ3) is 2.21. The summed E-state index contributed by atoms with van der Waals surface area (Å²) in [4.78, 5) is 12.5. The van der Waals surface area contributed by atoms with Gasteiger partial charge >= 0.3 is 5.97 Å². The predicted octanol–water partition coefficient (Wildman–Crippen LogP) is 3.41. The van der Waals surface area contributed by atoms with Gasteiger partial charge in [0.1, 0.15) is 9.53 Å². The van der Waals surface area contributed by atoms with Crippen LogP contribution in [-0.4, -0.2) is 22.0 Å². The average molecular weight is 411 g/mol. The van der Waals surface area contributed by atoms with Crippen LogP contribution in [0.1, 0.15) is 38.2 Å². The lowest BCUT2D eigenvalue weighted by atomic mass is 9.54. The van der Waals surface area contributed by atoms with E-state index in [1.807, 2.05) is 13.0 Å². The van der Waals surface area contributed by atoms with E-state index in [1.165, 1.54) is 5.56 Å². The standard InChI is InChI=1S/C18H22INO2/c1-11(19)17(21)22-18(12-5-3-2-4-6-12)13-7-15-9-14(18)10-16(8-13)20-15/h2-6,11,13-16,20H,7-10H2,1H3. The van der Waals surface area contributed by atoms with Crippen molar-refractivity contribution in [3.05, 3.63) is 35.9 Å². The average Bonchev–Trinajstić information content (AvgIpc) is 2.51. The fraction of sp³-hybridized carbons (Fsp3) is 0.611. The highest BCUT2D eigenvalue weighted by Gasteiger charge is 2.60. The summed E-state index contributed by atoms with van der Waals surface area (Å²) in [6, 6.07) is 11.7. The minimum absolute atomic E-state index is 0.0649. The van der Waals surface area contributed by atoms with Crippen molar-refractivity contribution >= 4 is 28.6 Å². The maximum absolute atomic E-state index is 12.5. The van der Waals surface area contributed by atoms with E-state index in [0.29, 0.717) is 23.9 Å². The lowest BCUT2D eigenvalue weighted by Gasteiger charge is -2.60. The maximum atomic E-state index is 12.5. The molecule has 4 bridgehead atoms. The first-order valence-corrected chi connectivity index (χ1v) is 9.52. The van der Waals surface area contributed by atoms with E-state index in [9.17, 15) is 4.79 Å². The van der Waals surface area contributed by atoms with Gasteiger partial charge in [-0.1, -0.05) is 52.9 Å². The van der Waals surface area contributed by atoms with Gasteiger partial charge in [0.25, 0.3) is 0 Å². The zero-order valence-electron chi connectivity index (χ0n) is 12.8. The van der Waals surface area contributed by atoms with Crippen LogP contribution in [0.2, 0.25) is 0 Å². The highest BCUT2D eigenvalue weighted by molar-refractivity contribution is 14.1. The second kappa shape index (κ2) is 5.48. The second-order valence-corrected chi connectivity index (χ2v) is 8.96. The molecule has 2 aliphatic carbocycles. The minimum Gasteiger partial charge on any atom is -0.453 e. The van der Waals surface area contributed by atoms with Gasteiger partial charge in [-0.2, -0.15) is 0 Å². The van der Waals surface area contributed by atoms with Crippen LogP contribution in [0.15, 0.2) is 30.3 Å². The van der Waals surface area contributed by atoms with Gasteiger partial charge in [-0.3, -0.25) is 4.79 Å². The van der Waals surface area contributed by atoms with E-state index < -0.39 is 5.60 Å². The lowest BCUT2D eigenvalue weighted by molar-refractivity contribution is -0.205. The van der Waals surface area contributed by atoms with Crippen LogP contribution in [-0.2, 0) is 15.1 Å². The van der Waals surface area contributed by atoms with Crippen molar-refractivity contribution in [2.24, 2.45) is 11.8 Å². The normalized spacial score (nSPS) is 40.5. The molecule has 5 rings (SSSR count). The monoisotopic (exact) mass is 411 g/mol. The number of hydrogen-bond acceptors (Lipinski definition) is 3. The molecule has 118 valence electrons. The van der Waals surface area contributed by atoms with Crippen molar-refractivity contribution in [1.82, 2.24) is 5.32 Å². The number of carbonyl (C=O) groups is 1. The Morgan fingerprint density at radius 1 is 1.18 bits per heavy atom. The molecule has 2 heterocycles. The van der Waals surface area contributed by atoms with E-state index in [0.717, 1.165) is 25.7 Å². The van der Waals surface area contributed by atoms with E-state index in [2.05, 4.69) is 52.2 Å². The molecule has 4 heteroatoms. The SMILES string of the molecule is CC(I)C(=O)OC1(c2ccccc2)C2CC3CC1CC(C2)N3. The Morgan fingerprint density at radius 3 is 2.23 bits per heavy atom. The number of halogens is 1. The largest absolute Gasteiger partial charge is 0.453 e. The molecule has 0 spiro atoms. The molecular weight excluding hydrogens is 389 g/mol. The fourth-order valence-electron chi connectivity index (χ4n) is 5.04. The third-order valence-corrected chi connectivity index (χ3v) is 6.29. The van der Waals surface area contributed by atoms with Crippen LogP contribution in [0, 0.1) is 11.8 Å². The topological polar surface area (TPSA) is 38.3 Å². The zero-order chi connectivity index (χ0) is 15.3. The predicted molar refractivity (Wildman–Crippen MR) is 93.9 cm³/mol. The van der Waals surface area contributed by atoms with Gasteiger partial charge in [0.05, 0.1) is 0 Å². The zero-order valence-corrected chi connectivity index (χ0v) is 15.0. The number of hydrogen-bond donors (Lipinski definition) is 1. The van der Waals surface area contributed by atoms with Crippen LogP contribution in [0.3, 0.4) is 0 Å². The smallest absolute Gasteiger partial charge is 0.319 e. The van der Waals surface area contributed by atoms with Crippen molar-refractivity contribution in [3.8, 4) is 0 Å². The van der Waals surface area contributed by atoms with Gasteiger partial charge in [-0.05, 0) is 38.2 Å². The van der Waals surface area contributed by atoms with Gasteiger partial charge < -0.3 is 10.1 Å². The van der Waals surface area contributed by atoms with Crippen LogP contribution in [0.25, 0.3) is 0 Å². The minimum atomic E-state index is -0.396. The van der Waals surface area contributed by atoms with Gasteiger partial charge in [0, 0.05) is 23.9 Å². The van der Waals surface area contributed by atoms with E-state index in [1.54, 1.807) is 0 Å². The summed E-state index contributed by atoms with van der Waals surface area (Å²) < 4.78 is 6.18. The van der Waals surface area contributed by atoms with Crippen molar-refractivity contribution in [2.75, 3.05) is 0 Å². The van der Waals surface area contributed by atoms with Gasteiger partial charge in [0.2, 0.25) is 0 Å². The number of rotatable bonds is 3. The van der Waals surface area contributed by atoms with Crippen LogP contribution >= 0.6 is 22.6 Å². The van der Waals surface area contributed by atoms with Gasteiger partial charge in [-0.15, -0.1) is 0 Å². The fourth-order valence-corrected chi connectivity index (χ4v) is 5.17. The van der Waals surface area contributed by atoms with Crippen molar-refractivity contribution in [1.29, 1.82) is 0 Å². The van der Waals surface area contributed by atoms with Crippen molar-refractivity contribution in [2.45, 2.75) is 54.2 Å². The molecule has 1 aromatic rings. The van der Waals surface area contributed by atoms with E-state index >= 15 is 0 Å². The highest BCUT2D eigenvalue weighted by atomic mass is 127. The Hall–Kier alpha value is -0.620. The van der Waals surface area contributed by atoms with Gasteiger partial charge in [-0.25, -0.2) is 0 Å². The third-order valence-electron chi connectivity index (χ3n) is 5.78. The molecule has 1 N–H and O–H groups in total. The Bertz CT molecular complexity index is 544. The molecule has 3 nitrogen and oxygen atoms in total.